The van der Waals surface area contributed by atoms with Crippen LogP contribution in [-0.2, 0) is 19.4 Å². The second-order valence-corrected chi connectivity index (χ2v) is 4.73. The van der Waals surface area contributed by atoms with Gasteiger partial charge >= 0.3 is 0 Å². The fourth-order valence-electron chi connectivity index (χ4n) is 2.49. The molecule has 4 nitrogen and oxygen atoms in total. The van der Waals surface area contributed by atoms with Crippen molar-refractivity contribution < 1.29 is 4.52 Å². The summed E-state index contributed by atoms with van der Waals surface area (Å²) in [4.78, 5) is 4.44. The van der Waals surface area contributed by atoms with E-state index < -0.39 is 0 Å². The average Bonchev–Trinajstić information content (AvgIpc) is 3.04. The first-order valence-electron chi connectivity index (χ1n) is 6.40. The van der Waals surface area contributed by atoms with E-state index in [0.29, 0.717) is 24.9 Å². The summed E-state index contributed by atoms with van der Waals surface area (Å²) in [6.45, 7) is 1.03. The van der Waals surface area contributed by atoms with Crippen LogP contribution in [0.15, 0.2) is 28.8 Å². The maximum atomic E-state index is 5.23. The lowest BCUT2D eigenvalue weighted by molar-refractivity contribution is 0.362. The van der Waals surface area contributed by atoms with Crippen LogP contribution in [-0.4, -0.2) is 16.7 Å². The summed E-state index contributed by atoms with van der Waals surface area (Å²) in [6, 6.07) is 8.49. The van der Waals surface area contributed by atoms with Crippen molar-refractivity contribution in [1.29, 1.82) is 0 Å². The van der Waals surface area contributed by atoms with Crippen molar-refractivity contribution in [3.8, 4) is 12.3 Å². The fraction of sp³-hybridized carbons (Fsp3) is 0.333. The number of nitrogens with zero attached hydrogens (tertiary/aromatic N) is 2. The van der Waals surface area contributed by atoms with Gasteiger partial charge in [0.15, 0.2) is 5.82 Å². The van der Waals surface area contributed by atoms with Crippen LogP contribution in [0.4, 0.5) is 0 Å². The van der Waals surface area contributed by atoms with Crippen molar-refractivity contribution in [3.05, 3.63) is 47.1 Å². The molecule has 0 amide bonds. The van der Waals surface area contributed by atoms with Crippen LogP contribution in [0.2, 0.25) is 0 Å². The largest absolute Gasteiger partial charge is 0.338 e. The minimum Gasteiger partial charge on any atom is -0.338 e. The molecule has 1 aromatic heterocycles. The molecule has 0 fully saturated rings. The molecule has 1 N–H and O–H groups in total. The fourth-order valence-corrected chi connectivity index (χ4v) is 2.49. The zero-order chi connectivity index (χ0) is 13.1. The van der Waals surface area contributed by atoms with E-state index in [0.717, 1.165) is 18.7 Å². The number of aromatic nitrogens is 2. The van der Waals surface area contributed by atoms with E-state index in [4.69, 9.17) is 10.9 Å². The first kappa shape index (κ1) is 11.9. The molecule has 2 aromatic rings. The molecule has 0 saturated heterocycles. The van der Waals surface area contributed by atoms with Crippen molar-refractivity contribution in [1.82, 2.24) is 15.5 Å². The number of hydrogen-bond donors (Lipinski definition) is 1. The third kappa shape index (κ3) is 2.51. The van der Waals surface area contributed by atoms with Crippen molar-refractivity contribution in [2.24, 2.45) is 0 Å². The van der Waals surface area contributed by atoms with Gasteiger partial charge in [-0.1, -0.05) is 35.3 Å². The lowest BCUT2D eigenvalue weighted by Gasteiger charge is -2.00. The lowest BCUT2D eigenvalue weighted by atomic mass is 10.1. The molecule has 1 heterocycles. The highest BCUT2D eigenvalue weighted by molar-refractivity contribution is 5.34. The van der Waals surface area contributed by atoms with E-state index in [9.17, 15) is 0 Å². The van der Waals surface area contributed by atoms with Gasteiger partial charge in [0.1, 0.15) is 0 Å². The predicted molar refractivity (Wildman–Crippen MR) is 71.4 cm³/mol. The summed E-state index contributed by atoms with van der Waals surface area (Å²) < 4.78 is 5.23. The van der Waals surface area contributed by atoms with E-state index in [-0.39, 0.29) is 0 Å². The smallest absolute Gasteiger partial charge is 0.240 e. The van der Waals surface area contributed by atoms with Crippen LogP contribution in [0.3, 0.4) is 0 Å². The molecule has 3 rings (SSSR count). The number of terminal acetylenes is 1. The van der Waals surface area contributed by atoms with E-state index in [1.807, 2.05) is 0 Å². The molecule has 0 bridgehead atoms. The predicted octanol–water partition coefficient (Wildman–Crippen LogP) is 1.67. The molecule has 0 aliphatic heterocycles. The van der Waals surface area contributed by atoms with E-state index in [1.165, 1.54) is 11.1 Å². The Morgan fingerprint density at radius 3 is 2.74 bits per heavy atom. The van der Waals surface area contributed by atoms with Crippen LogP contribution in [0, 0.1) is 12.3 Å². The van der Waals surface area contributed by atoms with Gasteiger partial charge in [0.05, 0.1) is 13.1 Å². The Hall–Kier alpha value is -2.12. The molecule has 0 radical (unpaired) electrons. The molecular formula is C15H15N3O. The summed E-state index contributed by atoms with van der Waals surface area (Å²) in [7, 11) is 0. The monoisotopic (exact) mass is 253 g/mol. The van der Waals surface area contributed by atoms with Gasteiger partial charge in [-0.3, -0.25) is 5.32 Å². The summed E-state index contributed by atoms with van der Waals surface area (Å²) in [5.41, 5.74) is 2.79. The van der Waals surface area contributed by atoms with Gasteiger partial charge in [0, 0.05) is 5.92 Å². The number of hydrogen-bond acceptors (Lipinski definition) is 4. The van der Waals surface area contributed by atoms with Crippen LogP contribution in [0.25, 0.3) is 0 Å². The average molecular weight is 253 g/mol. The Morgan fingerprint density at radius 1 is 1.32 bits per heavy atom. The Balaban J connectivity index is 1.67. The normalized spacial score (nSPS) is 14.3. The number of rotatable bonds is 4. The quantitative estimate of drug-likeness (QED) is 0.665. The summed E-state index contributed by atoms with van der Waals surface area (Å²) in [5.74, 6) is 4.24. The van der Waals surface area contributed by atoms with Gasteiger partial charge in [0.25, 0.3) is 0 Å². The second kappa shape index (κ2) is 5.25. The molecule has 0 unspecified atom stereocenters. The van der Waals surface area contributed by atoms with Crippen molar-refractivity contribution in [2.45, 2.75) is 25.3 Å². The summed E-state index contributed by atoms with van der Waals surface area (Å²) in [5, 5.41) is 7.12. The maximum Gasteiger partial charge on any atom is 0.240 e. The minimum absolute atomic E-state index is 0.336. The first-order valence-corrected chi connectivity index (χ1v) is 6.40. The van der Waals surface area contributed by atoms with E-state index in [1.54, 1.807) is 0 Å². The molecule has 4 heteroatoms. The molecule has 19 heavy (non-hydrogen) atoms. The van der Waals surface area contributed by atoms with Crippen LogP contribution >= 0.6 is 0 Å². The van der Waals surface area contributed by atoms with Crippen LogP contribution in [0.1, 0.15) is 28.8 Å². The Kier molecular flexibility index (Phi) is 3.30. The van der Waals surface area contributed by atoms with Crippen LogP contribution < -0.4 is 5.32 Å². The maximum absolute atomic E-state index is 5.23. The summed E-state index contributed by atoms with van der Waals surface area (Å²) >= 11 is 0. The Labute approximate surface area is 112 Å². The van der Waals surface area contributed by atoms with Crippen molar-refractivity contribution in [2.75, 3.05) is 6.54 Å². The minimum atomic E-state index is 0.336. The number of fused-ring (bicyclic) bond motifs is 1. The molecule has 0 saturated carbocycles. The van der Waals surface area contributed by atoms with Crippen molar-refractivity contribution in [3.63, 3.8) is 0 Å². The molecule has 0 atom stereocenters. The molecule has 0 spiro atoms. The standard InChI is InChI=1S/C15H15N3O/c1-2-7-16-10-14-17-15(18-19-14)13-8-11-5-3-4-6-12(11)9-13/h1,3-6,13,16H,7-10H2. The molecule has 1 aliphatic rings. The lowest BCUT2D eigenvalue weighted by Crippen LogP contribution is -2.13. The molecule has 96 valence electrons. The first-order chi connectivity index (χ1) is 9.36. The van der Waals surface area contributed by atoms with Crippen LogP contribution in [0.5, 0.6) is 0 Å². The van der Waals surface area contributed by atoms with Crippen molar-refractivity contribution >= 4 is 0 Å². The highest BCUT2D eigenvalue weighted by Gasteiger charge is 2.26. The topological polar surface area (TPSA) is 51.0 Å². The highest BCUT2D eigenvalue weighted by atomic mass is 16.5. The third-order valence-corrected chi connectivity index (χ3v) is 3.40. The zero-order valence-electron chi connectivity index (χ0n) is 10.6. The summed E-state index contributed by atoms with van der Waals surface area (Å²) in [6.07, 6.45) is 7.15. The van der Waals surface area contributed by atoms with Gasteiger partial charge in [-0.15, -0.1) is 6.42 Å². The second-order valence-electron chi connectivity index (χ2n) is 4.73. The molecule has 1 aromatic carbocycles. The highest BCUT2D eigenvalue weighted by Crippen LogP contribution is 2.32. The van der Waals surface area contributed by atoms with Gasteiger partial charge in [-0.2, -0.15) is 4.98 Å². The molecule has 1 aliphatic carbocycles. The molecular weight excluding hydrogens is 238 g/mol. The third-order valence-electron chi connectivity index (χ3n) is 3.40. The van der Waals surface area contributed by atoms with Gasteiger partial charge < -0.3 is 4.52 Å². The SMILES string of the molecule is C#CCNCc1nc(C2Cc3ccccc3C2)no1. The zero-order valence-corrected chi connectivity index (χ0v) is 10.6. The number of benzene rings is 1. The Morgan fingerprint density at radius 2 is 2.05 bits per heavy atom. The van der Waals surface area contributed by atoms with Gasteiger partial charge in [-0.25, -0.2) is 0 Å². The van der Waals surface area contributed by atoms with E-state index in [2.05, 4.69) is 45.6 Å². The van der Waals surface area contributed by atoms with E-state index >= 15 is 0 Å². The Bertz CT molecular complexity index is 587. The van der Waals surface area contributed by atoms with Gasteiger partial charge in [-0.05, 0) is 24.0 Å². The van der Waals surface area contributed by atoms with Gasteiger partial charge in [0.2, 0.25) is 5.89 Å². The number of nitrogens with one attached hydrogen (secondary N) is 1.